The van der Waals surface area contributed by atoms with E-state index >= 15 is 0 Å². The van der Waals surface area contributed by atoms with Gasteiger partial charge in [0.15, 0.2) is 11.5 Å². The zero-order valence-electron chi connectivity index (χ0n) is 14.3. The highest BCUT2D eigenvalue weighted by molar-refractivity contribution is 7.99. The summed E-state index contributed by atoms with van der Waals surface area (Å²) in [6.07, 6.45) is 0. The van der Waals surface area contributed by atoms with Crippen molar-refractivity contribution in [2.45, 2.75) is 5.03 Å². The van der Waals surface area contributed by atoms with Gasteiger partial charge in [0.25, 0.3) is 0 Å². The first kappa shape index (κ1) is 18.7. The number of amides is 1. The van der Waals surface area contributed by atoms with Crippen molar-refractivity contribution in [3.63, 3.8) is 0 Å². The molecule has 0 radical (unpaired) electrons. The molecule has 6 nitrogen and oxygen atoms in total. The molecule has 0 spiro atoms. The number of rotatable bonds is 5. The Kier molecular flexibility index (Phi) is 5.47. The molecule has 28 heavy (non-hydrogen) atoms. The molecule has 0 aliphatic carbocycles. The van der Waals surface area contributed by atoms with Gasteiger partial charge in [-0.2, -0.15) is 9.61 Å². The maximum absolute atomic E-state index is 12.2. The lowest BCUT2D eigenvalue weighted by molar-refractivity contribution is -0.113. The summed E-state index contributed by atoms with van der Waals surface area (Å²) < 4.78 is 1.66. The molecule has 9 heteroatoms. The molecule has 2 aromatic carbocycles. The first-order valence-corrected chi connectivity index (χ1v) is 9.99. The van der Waals surface area contributed by atoms with Crippen LogP contribution in [0, 0.1) is 0 Å². The predicted octanol–water partition coefficient (Wildman–Crippen LogP) is 4.83. The molecule has 2 aromatic heterocycles. The Bertz CT molecular complexity index is 1130. The fourth-order valence-electron chi connectivity index (χ4n) is 2.50. The van der Waals surface area contributed by atoms with Gasteiger partial charge >= 0.3 is 0 Å². The highest BCUT2D eigenvalue weighted by Crippen LogP contribution is 2.22. The van der Waals surface area contributed by atoms with E-state index in [9.17, 15) is 4.79 Å². The average Bonchev–Trinajstić information content (AvgIpc) is 3.12. The lowest BCUT2D eigenvalue weighted by Gasteiger charge is -2.05. The van der Waals surface area contributed by atoms with E-state index in [-0.39, 0.29) is 11.7 Å². The summed E-state index contributed by atoms with van der Waals surface area (Å²) in [5.74, 6) is 0.704. The summed E-state index contributed by atoms with van der Waals surface area (Å²) in [6, 6.07) is 17.9. The van der Waals surface area contributed by atoms with Gasteiger partial charge in [0.2, 0.25) is 5.91 Å². The number of hydrogen-bond acceptors (Lipinski definition) is 5. The minimum absolute atomic E-state index is 0.129. The third-order valence-electron chi connectivity index (χ3n) is 3.82. The van der Waals surface area contributed by atoms with Gasteiger partial charge in [0, 0.05) is 21.3 Å². The average molecular weight is 430 g/mol. The molecule has 4 rings (SSSR count). The number of anilines is 1. The first-order chi connectivity index (χ1) is 13.6. The molecule has 1 amide bonds. The molecule has 0 saturated heterocycles. The summed E-state index contributed by atoms with van der Waals surface area (Å²) in [5.41, 5.74) is 2.18. The monoisotopic (exact) mass is 429 g/mol. The molecule has 0 saturated carbocycles. The van der Waals surface area contributed by atoms with E-state index in [2.05, 4.69) is 20.6 Å². The highest BCUT2D eigenvalue weighted by Gasteiger charge is 2.11. The van der Waals surface area contributed by atoms with Crippen LogP contribution in [0.25, 0.3) is 17.0 Å². The van der Waals surface area contributed by atoms with Gasteiger partial charge in [-0.25, -0.2) is 0 Å². The smallest absolute Gasteiger partial charge is 0.234 e. The normalized spacial score (nSPS) is 10.9. The van der Waals surface area contributed by atoms with E-state index in [0.29, 0.717) is 32.2 Å². The van der Waals surface area contributed by atoms with Crippen molar-refractivity contribution in [3.05, 3.63) is 70.7 Å². The molecule has 4 aromatic rings. The Morgan fingerprint density at radius 1 is 0.929 bits per heavy atom. The van der Waals surface area contributed by atoms with E-state index in [0.717, 1.165) is 5.56 Å². The molecular formula is C19H13Cl2N5OS. The Balaban J connectivity index is 1.48. The van der Waals surface area contributed by atoms with Crippen LogP contribution in [0.5, 0.6) is 0 Å². The highest BCUT2D eigenvalue weighted by atomic mass is 35.5. The largest absolute Gasteiger partial charge is 0.325 e. The van der Waals surface area contributed by atoms with Crippen molar-refractivity contribution in [3.8, 4) is 11.4 Å². The minimum atomic E-state index is -0.129. The van der Waals surface area contributed by atoms with Crippen molar-refractivity contribution in [2.75, 3.05) is 11.1 Å². The number of thioether (sulfide) groups is 1. The summed E-state index contributed by atoms with van der Waals surface area (Å²) in [4.78, 5) is 12.2. The van der Waals surface area contributed by atoms with Crippen LogP contribution in [0.2, 0.25) is 10.0 Å². The summed E-state index contributed by atoms with van der Waals surface area (Å²) in [6.45, 7) is 0. The molecule has 0 aliphatic heterocycles. The van der Waals surface area contributed by atoms with Crippen LogP contribution in [-0.2, 0) is 4.79 Å². The summed E-state index contributed by atoms with van der Waals surface area (Å²) in [7, 11) is 0. The van der Waals surface area contributed by atoms with Crippen LogP contribution in [0.3, 0.4) is 0 Å². The Morgan fingerprint density at radius 2 is 1.61 bits per heavy atom. The number of aromatic nitrogens is 4. The first-order valence-electron chi connectivity index (χ1n) is 8.25. The zero-order chi connectivity index (χ0) is 19.5. The minimum Gasteiger partial charge on any atom is -0.325 e. The quantitative estimate of drug-likeness (QED) is 0.460. The molecule has 0 bridgehead atoms. The van der Waals surface area contributed by atoms with Crippen LogP contribution in [0.15, 0.2) is 65.7 Å². The van der Waals surface area contributed by atoms with Crippen LogP contribution >= 0.6 is 35.0 Å². The van der Waals surface area contributed by atoms with Gasteiger partial charge in [0.1, 0.15) is 5.03 Å². The number of fused-ring (bicyclic) bond motifs is 1. The van der Waals surface area contributed by atoms with Crippen molar-refractivity contribution < 1.29 is 4.79 Å². The maximum Gasteiger partial charge on any atom is 0.234 e. The second-order valence-electron chi connectivity index (χ2n) is 5.82. The zero-order valence-corrected chi connectivity index (χ0v) is 16.7. The van der Waals surface area contributed by atoms with Crippen molar-refractivity contribution in [1.82, 2.24) is 19.8 Å². The second kappa shape index (κ2) is 8.18. The van der Waals surface area contributed by atoms with Gasteiger partial charge < -0.3 is 5.32 Å². The maximum atomic E-state index is 12.2. The van der Waals surface area contributed by atoms with Crippen LogP contribution < -0.4 is 5.32 Å². The standard InChI is InChI=1S/C19H13Cl2N5OS/c20-13-3-1-12(2-4-13)19-24-23-16-9-10-18(25-26(16)19)28-11-17(27)22-15-7-5-14(21)6-8-15/h1-10H,11H2,(H,22,27). The number of carbonyl (C=O) groups is 1. The van der Waals surface area contributed by atoms with E-state index in [1.807, 2.05) is 24.3 Å². The number of benzene rings is 2. The van der Waals surface area contributed by atoms with Crippen molar-refractivity contribution in [2.24, 2.45) is 0 Å². The second-order valence-corrected chi connectivity index (χ2v) is 7.68. The van der Waals surface area contributed by atoms with E-state index in [1.165, 1.54) is 11.8 Å². The van der Waals surface area contributed by atoms with Crippen LogP contribution in [-0.4, -0.2) is 31.5 Å². The van der Waals surface area contributed by atoms with Gasteiger partial charge in [-0.3, -0.25) is 4.79 Å². The lowest BCUT2D eigenvalue weighted by atomic mass is 10.2. The third kappa shape index (κ3) is 4.27. The summed E-state index contributed by atoms with van der Waals surface area (Å²) in [5, 5.41) is 17.7. The number of hydrogen-bond donors (Lipinski definition) is 1. The molecule has 1 N–H and O–H groups in total. The molecular weight excluding hydrogens is 417 g/mol. The topological polar surface area (TPSA) is 72.2 Å². The molecule has 0 aliphatic rings. The van der Waals surface area contributed by atoms with Crippen molar-refractivity contribution >= 4 is 52.2 Å². The van der Waals surface area contributed by atoms with Gasteiger partial charge in [0.05, 0.1) is 5.75 Å². The van der Waals surface area contributed by atoms with Gasteiger partial charge in [-0.1, -0.05) is 35.0 Å². The Morgan fingerprint density at radius 3 is 2.32 bits per heavy atom. The summed E-state index contributed by atoms with van der Waals surface area (Å²) >= 11 is 13.1. The molecule has 140 valence electrons. The van der Waals surface area contributed by atoms with Gasteiger partial charge in [-0.15, -0.1) is 10.2 Å². The Hall–Kier alpha value is -2.61. The van der Waals surface area contributed by atoms with E-state index in [1.54, 1.807) is 40.9 Å². The third-order valence-corrected chi connectivity index (χ3v) is 5.24. The molecule has 0 unspecified atom stereocenters. The fraction of sp³-hybridized carbons (Fsp3) is 0.0526. The number of nitrogens with one attached hydrogen (secondary N) is 1. The molecule has 0 atom stereocenters. The van der Waals surface area contributed by atoms with Crippen LogP contribution in [0.4, 0.5) is 5.69 Å². The fourth-order valence-corrected chi connectivity index (χ4v) is 3.40. The SMILES string of the molecule is O=C(CSc1ccc2nnc(-c3ccc(Cl)cc3)n2n1)Nc1ccc(Cl)cc1. The van der Waals surface area contributed by atoms with Crippen LogP contribution in [0.1, 0.15) is 0 Å². The number of carbonyl (C=O) groups excluding carboxylic acids is 1. The number of halogens is 2. The lowest BCUT2D eigenvalue weighted by Crippen LogP contribution is -2.14. The molecule has 2 heterocycles. The van der Waals surface area contributed by atoms with E-state index < -0.39 is 0 Å². The van der Waals surface area contributed by atoms with E-state index in [4.69, 9.17) is 23.2 Å². The Labute approximate surface area is 174 Å². The number of nitrogens with zero attached hydrogens (tertiary/aromatic N) is 4. The molecule has 0 fully saturated rings. The predicted molar refractivity (Wildman–Crippen MR) is 112 cm³/mol. The van der Waals surface area contributed by atoms with Crippen molar-refractivity contribution in [1.29, 1.82) is 0 Å². The van der Waals surface area contributed by atoms with Gasteiger partial charge in [-0.05, 0) is 60.7 Å².